The molecule has 1 unspecified atom stereocenters. The van der Waals surface area contributed by atoms with E-state index in [1.807, 2.05) is 0 Å². The fourth-order valence-electron chi connectivity index (χ4n) is 2.73. The van der Waals surface area contributed by atoms with Crippen molar-refractivity contribution in [2.75, 3.05) is 7.11 Å². The van der Waals surface area contributed by atoms with E-state index in [1.165, 1.54) is 19.3 Å². The topological polar surface area (TPSA) is 92.7 Å². The first-order valence-electron chi connectivity index (χ1n) is 8.16. The number of hydrogen-bond acceptors (Lipinski definition) is 6. The van der Waals surface area contributed by atoms with Crippen LogP contribution in [0.25, 0.3) is 6.08 Å². The molecule has 3 rings (SSSR count). The van der Waals surface area contributed by atoms with Crippen LogP contribution in [0, 0.1) is 0 Å². The summed E-state index contributed by atoms with van der Waals surface area (Å²) < 4.78 is 5.05. The molecule has 6 nitrogen and oxygen atoms in total. The maximum Gasteiger partial charge on any atom is 0.286 e. The zero-order valence-corrected chi connectivity index (χ0v) is 15.3. The number of rotatable bonds is 6. The van der Waals surface area contributed by atoms with Gasteiger partial charge in [0.2, 0.25) is 5.91 Å². The van der Waals surface area contributed by atoms with Crippen LogP contribution >= 0.6 is 11.8 Å². The molecule has 1 fully saturated rings. The van der Waals surface area contributed by atoms with Crippen molar-refractivity contribution < 1.29 is 24.2 Å². The molecule has 27 heavy (non-hydrogen) atoms. The lowest BCUT2D eigenvalue weighted by Gasteiger charge is -2.09. The molecule has 0 radical (unpaired) electrons. The molecule has 2 aromatic rings. The minimum absolute atomic E-state index is 0.0215. The van der Waals surface area contributed by atoms with Crippen LogP contribution < -0.4 is 10.1 Å². The van der Waals surface area contributed by atoms with Crippen molar-refractivity contribution in [3.63, 3.8) is 0 Å². The van der Waals surface area contributed by atoms with E-state index in [0.717, 1.165) is 11.8 Å². The molecule has 7 heteroatoms. The number of carbonyl (C=O) groups is 3. The van der Waals surface area contributed by atoms with Gasteiger partial charge < -0.3 is 9.84 Å². The van der Waals surface area contributed by atoms with Crippen LogP contribution in [0.2, 0.25) is 0 Å². The largest absolute Gasteiger partial charge is 0.504 e. The van der Waals surface area contributed by atoms with Crippen LogP contribution in [0.5, 0.6) is 11.5 Å². The predicted octanol–water partition coefficient (Wildman–Crippen LogP) is 3.19. The Morgan fingerprint density at radius 2 is 2.04 bits per heavy atom. The van der Waals surface area contributed by atoms with Crippen molar-refractivity contribution in [2.24, 2.45) is 0 Å². The lowest BCUT2D eigenvalue weighted by atomic mass is 9.98. The number of aromatic hydroxyl groups is 1. The number of hydrogen-bond donors (Lipinski definition) is 2. The molecular formula is C20H17NO5S. The molecule has 0 aliphatic carbocycles. The van der Waals surface area contributed by atoms with Gasteiger partial charge in [0.1, 0.15) is 0 Å². The summed E-state index contributed by atoms with van der Waals surface area (Å²) >= 11 is 0.938. The van der Waals surface area contributed by atoms with Crippen LogP contribution in [0.1, 0.15) is 21.5 Å². The van der Waals surface area contributed by atoms with Crippen LogP contribution in [0.15, 0.2) is 48.5 Å². The first-order valence-corrected chi connectivity index (χ1v) is 9.04. The quantitative estimate of drug-likeness (QED) is 0.588. The Kier molecular flexibility index (Phi) is 5.61. The number of ketones is 1. The second-order valence-corrected chi connectivity index (χ2v) is 7.05. The minimum atomic E-state index is -0.531. The van der Waals surface area contributed by atoms with Crippen LogP contribution in [0.4, 0.5) is 4.79 Å². The fourth-order valence-corrected chi connectivity index (χ4v) is 3.57. The number of imide groups is 1. The molecule has 0 spiro atoms. The van der Waals surface area contributed by atoms with Gasteiger partial charge in [0, 0.05) is 5.56 Å². The number of carbonyl (C=O) groups excluding carboxylic acids is 3. The highest BCUT2D eigenvalue weighted by atomic mass is 32.2. The normalized spacial score (nSPS) is 16.6. The molecule has 2 amide bonds. The third-order valence-electron chi connectivity index (χ3n) is 4.09. The SMILES string of the molecule is COc1cc(C=CC(=O)c2ccccc2CC2SC(=O)NC2=O)ccc1O. The Morgan fingerprint density at radius 3 is 2.74 bits per heavy atom. The minimum Gasteiger partial charge on any atom is -0.504 e. The smallest absolute Gasteiger partial charge is 0.286 e. The van der Waals surface area contributed by atoms with E-state index in [4.69, 9.17) is 4.74 Å². The molecule has 1 aliphatic rings. The number of nitrogens with one attached hydrogen (secondary N) is 1. The molecule has 1 saturated heterocycles. The summed E-state index contributed by atoms with van der Waals surface area (Å²) in [6, 6.07) is 11.8. The molecular weight excluding hydrogens is 366 g/mol. The summed E-state index contributed by atoms with van der Waals surface area (Å²) in [7, 11) is 1.45. The number of allylic oxidation sites excluding steroid dienone is 1. The third-order valence-corrected chi connectivity index (χ3v) is 5.07. The number of benzene rings is 2. The van der Waals surface area contributed by atoms with Gasteiger partial charge >= 0.3 is 0 Å². The van der Waals surface area contributed by atoms with Gasteiger partial charge in [-0.1, -0.05) is 48.2 Å². The maximum absolute atomic E-state index is 12.6. The first kappa shape index (κ1) is 18.7. The summed E-state index contributed by atoms with van der Waals surface area (Å²) in [4.78, 5) is 35.8. The number of thioether (sulfide) groups is 1. The van der Waals surface area contributed by atoms with E-state index < -0.39 is 5.25 Å². The fraction of sp³-hybridized carbons (Fsp3) is 0.150. The van der Waals surface area contributed by atoms with E-state index in [1.54, 1.807) is 42.5 Å². The van der Waals surface area contributed by atoms with Crippen molar-refractivity contribution >= 4 is 34.8 Å². The lowest BCUT2D eigenvalue weighted by Crippen LogP contribution is -2.25. The van der Waals surface area contributed by atoms with E-state index in [2.05, 4.69) is 5.32 Å². The average Bonchev–Trinajstić information content (AvgIpc) is 2.98. The third kappa shape index (κ3) is 4.38. The Morgan fingerprint density at radius 1 is 1.26 bits per heavy atom. The second-order valence-electron chi connectivity index (χ2n) is 5.87. The van der Waals surface area contributed by atoms with Gasteiger partial charge in [-0.25, -0.2) is 0 Å². The van der Waals surface area contributed by atoms with Gasteiger partial charge in [-0.3, -0.25) is 19.7 Å². The van der Waals surface area contributed by atoms with Crippen LogP contribution in [-0.4, -0.2) is 34.4 Å². The Bertz CT molecular complexity index is 938. The number of phenols is 1. The number of ether oxygens (including phenoxy) is 1. The molecule has 0 saturated carbocycles. The Labute approximate surface area is 160 Å². The van der Waals surface area contributed by atoms with Gasteiger partial charge in [0.25, 0.3) is 5.24 Å². The maximum atomic E-state index is 12.6. The Balaban J connectivity index is 1.79. The van der Waals surface area contributed by atoms with Gasteiger partial charge in [-0.2, -0.15) is 0 Å². The molecule has 1 aliphatic heterocycles. The van der Waals surface area contributed by atoms with Gasteiger partial charge in [-0.15, -0.1) is 0 Å². The summed E-state index contributed by atoms with van der Waals surface area (Å²) in [5, 5.41) is 11.0. The van der Waals surface area contributed by atoms with Crippen molar-refractivity contribution in [1.82, 2.24) is 5.32 Å². The van der Waals surface area contributed by atoms with Crippen molar-refractivity contribution in [3.8, 4) is 11.5 Å². The number of phenolic OH excluding ortho intramolecular Hbond substituents is 1. The molecule has 0 aromatic heterocycles. The Hall–Kier alpha value is -3.06. The van der Waals surface area contributed by atoms with Gasteiger partial charge in [0.05, 0.1) is 12.4 Å². The highest BCUT2D eigenvalue weighted by molar-refractivity contribution is 8.15. The van der Waals surface area contributed by atoms with Crippen LogP contribution in [-0.2, 0) is 11.2 Å². The monoisotopic (exact) mass is 383 g/mol. The molecule has 1 atom stereocenters. The average molecular weight is 383 g/mol. The van der Waals surface area contributed by atoms with Crippen LogP contribution in [0.3, 0.4) is 0 Å². The number of amides is 2. The van der Waals surface area contributed by atoms with E-state index in [0.29, 0.717) is 28.9 Å². The summed E-state index contributed by atoms with van der Waals surface area (Å²) in [5.41, 5.74) is 1.89. The van der Waals surface area contributed by atoms with Crippen molar-refractivity contribution in [1.29, 1.82) is 0 Å². The zero-order chi connectivity index (χ0) is 19.4. The van der Waals surface area contributed by atoms with Crippen molar-refractivity contribution in [3.05, 3.63) is 65.2 Å². The van der Waals surface area contributed by atoms with E-state index >= 15 is 0 Å². The highest BCUT2D eigenvalue weighted by Gasteiger charge is 2.32. The summed E-state index contributed by atoms with van der Waals surface area (Å²) in [5.74, 6) is -0.210. The molecule has 2 aromatic carbocycles. The molecule has 2 N–H and O–H groups in total. The van der Waals surface area contributed by atoms with Gasteiger partial charge in [0.15, 0.2) is 17.3 Å². The number of methoxy groups -OCH3 is 1. The highest BCUT2D eigenvalue weighted by Crippen LogP contribution is 2.27. The predicted molar refractivity (Wildman–Crippen MR) is 103 cm³/mol. The summed E-state index contributed by atoms with van der Waals surface area (Å²) in [6.45, 7) is 0. The second kappa shape index (κ2) is 8.09. The van der Waals surface area contributed by atoms with E-state index in [9.17, 15) is 19.5 Å². The summed E-state index contributed by atoms with van der Waals surface area (Å²) in [6.07, 6.45) is 3.35. The van der Waals surface area contributed by atoms with Crippen molar-refractivity contribution in [2.45, 2.75) is 11.7 Å². The molecule has 1 heterocycles. The molecule has 0 bridgehead atoms. The zero-order valence-electron chi connectivity index (χ0n) is 14.5. The molecule has 138 valence electrons. The van der Waals surface area contributed by atoms with E-state index in [-0.39, 0.29) is 22.7 Å². The van der Waals surface area contributed by atoms with Gasteiger partial charge in [-0.05, 0) is 35.8 Å². The lowest BCUT2D eigenvalue weighted by molar-refractivity contribution is -0.118. The first-order chi connectivity index (χ1) is 13.0. The standard InChI is InChI=1S/C20H17NO5S/c1-26-17-10-12(7-9-16(17)23)6-8-15(22)14-5-3-2-4-13(14)11-18-19(24)21-20(25)27-18/h2-10,18,23H,11H2,1H3,(H,21,24,25).